The van der Waals surface area contributed by atoms with Crippen LogP contribution in [0.15, 0.2) is 23.1 Å². The van der Waals surface area contributed by atoms with E-state index in [0.717, 1.165) is 18.2 Å². The van der Waals surface area contributed by atoms with Crippen molar-refractivity contribution in [2.24, 2.45) is 5.92 Å². The first-order valence-electron chi connectivity index (χ1n) is 5.60. The highest BCUT2D eigenvalue weighted by molar-refractivity contribution is 7.91. The highest BCUT2D eigenvalue weighted by atomic mass is 35.5. The molecule has 6 heteroatoms. The summed E-state index contributed by atoms with van der Waals surface area (Å²) in [7, 11) is -3.78. The third-order valence-electron chi connectivity index (χ3n) is 2.71. The van der Waals surface area contributed by atoms with Crippen LogP contribution in [0.2, 0.25) is 0 Å². The van der Waals surface area contributed by atoms with E-state index in [1.807, 2.05) is 6.92 Å². The summed E-state index contributed by atoms with van der Waals surface area (Å²) < 4.78 is 50.1. The highest BCUT2D eigenvalue weighted by Gasteiger charge is 2.20. The minimum Gasteiger partial charge on any atom is -0.224 e. The van der Waals surface area contributed by atoms with E-state index in [-0.39, 0.29) is 11.7 Å². The van der Waals surface area contributed by atoms with Crippen LogP contribution in [0.25, 0.3) is 0 Å². The van der Waals surface area contributed by atoms with Gasteiger partial charge in [-0.15, -0.1) is 11.6 Å². The Kier molecular flexibility index (Phi) is 5.53. The Bertz CT molecular complexity index is 503. The van der Waals surface area contributed by atoms with Gasteiger partial charge in [0.15, 0.2) is 9.84 Å². The molecule has 0 fully saturated rings. The monoisotopic (exact) mass is 296 g/mol. The van der Waals surface area contributed by atoms with Crippen LogP contribution >= 0.6 is 11.6 Å². The van der Waals surface area contributed by atoms with Crippen LogP contribution in [0.3, 0.4) is 0 Å². The molecule has 0 aliphatic rings. The average molecular weight is 297 g/mol. The quantitative estimate of drug-likeness (QED) is 0.754. The number of alkyl halides is 1. The van der Waals surface area contributed by atoms with Crippen LogP contribution in [-0.2, 0) is 9.84 Å². The maximum atomic E-state index is 13.4. The zero-order valence-corrected chi connectivity index (χ0v) is 11.6. The van der Waals surface area contributed by atoms with Crippen molar-refractivity contribution in [3.05, 3.63) is 29.8 Å². The fraction of sp³-hybridized carbons (Fsp3) is 0.500. The van der Waals surface area contributed by atoms with Gasteiger partial charge in [0.05, 0.1) is 5.75 Å². The fourth-order valence-electron chi connectivity index (χ4n) is 1.51. The van der Waals surface area contributed by atoms with E-state index in [1.54, 1.807) is 0 Å². The summed E-state index contributed by atoms with van der Waals surface area (Å²) >= 11 is 5.55. The Balaban J connectivity index is 2.83. The zero-order valence-electron chi connectivity index (χ0n) is 10.00. The fourth-order valence-corrected chi connectivity index (χ4v) is 3.47. The van der Waals surface area contributed by atoms with Gasteiger partial charge in [0, 0.05) is 5.88 Å². The predicted octanol–water partition coefficient (Wildman–Crippen LogP) is 3.39. The lowest BCUT2D eigenvalue weighted by Gasteiger charge is -2.10. The maximum absolute atomic E-state index is 13.4. The molecule has 0 bridgehead atoms. The summed E-state index contributed by atoms with van der Waals surface area (Å²) in [4.78, 5) is -0.569. The number of halogens is 3. The van der Waals surface area contributed by atoms with Crippen molar-refractivity contribution in [3.63, 3.8) is 0 Å². The van der Waals surface area contributed by atoms with Crippen LogP contribution in [-0.4, -0.2) is 20.1 Å². The number of sulfone groups is 1. The van der Waals surface area contributed by atoms with Gasteiger partial charge in [0.25, 0.3) is 0 Å². The molecule has 0 radical (unpaired) electrons. The molecule has 0 aliphatic carbocycles. The minimum absolute atomic E-state index is 0.133. The first-order chi connectivity index (χ1) is 8.36. The number of benzene rings is 1. The molecular weight excluding hydrogens is 282 g/mol. The molecule has 1 aromatic rings. The Hall–Kier alpha value is -0.680. The normalized spacial score (nSPS) is 13.6. The first-order valence-corrected chi connectivity index (χ1v) is 7.79. The van der Waals surface area contributed by atoms with Gasteiger partial charge in [0.1, 0.15) is 16.5 Å². The van der Waals surface area contributed by atoms with E-state index in [0.29, 0.717) is 18.7 Å². The lowest BCUT2D eigenvalue weighted by molar-refractivity contribution is 0.526. The average Bonchev–Trinajstić information content (AvgIpc) is 2.30. The van der Waals surface area contributed by atoms with Gasteiger partial charge >= 0.3 is 0 Å². The van der Waals surface area contributed by atoms with Gasteiger partial charge in [-0.3, -0.25) is 0 Å². The van der Waals surface area contributed by atoms with Crippen molar-refractivity contribution >= 4 is 21.4 Å². The Labute approximate surface area is 111 Å². The maximum Gasteiger partial charge on any atom is 0.181 e. The number of hydrogen-bond acceptors (Lipinski definition) is 2. The van der Waals surface area contributed by atoms with Crippen LogP contribution in [0.4, 0.5) is 8.78 Å². The zero-order chi connectivity index (χ0) is 13.8. The van der Waals surface area contributed by atoms with Gasteiger partial charge in [-0.2, -0.15) is 0 Å². The standard InChI is InChI=1S/C12H15ClF2O2S/c1-9(4-6-13)5-7-18(16,17)12-8-10(14)2-3-11(12)15/h2-3,8-9H,4-7H2,1H3. The Morgan fingerprint density at radius 3 is 2.56 bits per heavy atom. The molecule has 0 aliphatic heterocycles. The van der Waals surface area contributed by atoms with Crippen molar-refractivity contribution in [1.29, 1.82) is 0 Å². The second-order valence-corrected chi connectivity index (χ2v) is 6.72. The van der Waals surface area contributed by atoms with Crippen LogP contribution in [0.5, 0.6) is 0 Å². The van der Waals surface area contributed by atoms with Gasteiger partial charge in [0.2, 0.25) is 0 Å². The van der Waals surface area contributed by atoms with Crippen molar-refractivity contribution in [3.8, 4) is 0 Å². The van der Waals surface area contributed by atoms with Crippen LogP contribution < -0.4 is 0 Å². The van der Waals surface area contributed by atoms with Crippen molar-refractivity contribution in [2.45, 2.75) is 24.7 Å². The molecule has 1 rings (SSSR count). The predicted molar refractivity (Wildman–Crippen MR) is 67.5 cm³/mol. The van der Waals surface area contributed by atoms with E-state index < -0.39 is 26.4 Å². The topological polar surface area (TPSA) is 34.1 Å². The molecule has 18 heavy (non-hydrogen) atoms. The van der Waals surface area contributed by atoms with Crippen molar-refractivity contribution in [2.75, 3.05) is 11.6 Å². The molecule has 102 valence electrons. The Morgan fingerprint density at radius 1 is 1.28 bits per heavy atom. The molecule has 0 saturated carbocycles. The first kappa shape index (κ1) is 15.4. The molecule has 1 atom stereocenters. The van der Waals surface area contributed by atoms with E-state index >= 15 is 0 Å². The van der Waals surface area contributed by atoms with E-state index in [9.17, 15) is 17.2 Å². The molecule has 0 amide bonds. The van der Waals surface area contributed by atoms with E-state index in [1.165, 1.54) is 0 Å². The summed E-state index contributed by atoms with van der Waals surface area (Å²) in [6.45, 7) is 1.87. The molecule has 0 heterocycles. The lowest BCUT2D eigenvalue weighted by atomic mass is 10.1. The molecule has 2 nitrogen and oxygen atoms in total. The minimum atomic E-state index is -3.78. The summed E-state index contributed by atoms with van der Waals surface area (Å²) in [6.07, 6.45) is 1.08. The van der Waals surface area contributed by atoms with Gasteiger partial charge in [-0.05, 0) is 37.0 Å². The SMILES string of the molecule is CC(CCCl)CCS(=O)(=O)c1cc(F)ccc1F. The summed E-state index contributed by atoms with van der Waals surface area (Å²) in [5.41, 5.74) is 0. The molecule has 0 saturated heterocycles. The van der Waals surface area contributed by atoms with E-state index in [4.69, 9.17) is 11.6 Å². The highest BCUT2D eigenvalue weighted by Crippen LogP contribution is 2.20. The molecule has 0 N–H and O–H groups in total. The summed E-state index contributed by atoms with van der Waals surface area (Å²) in [6, 6.07) is 2.44. The molecular formula is C12H15ClF2O2S. The van der Waals surface area contributed by atoms with Gasteiger partial charge < -0.3 is 0 Å². The smallest absolute Gasteiger partial charge is 0.181 e. The van der Waals surface area contributed by atoms with Crippen molar-refractivity contribution < 1.29 is 17.2 Å². The van der Waals surface area contributed by atoms with Crippen molar-refractivity contribution in [1.82, 2.24) is 0 Å². The second-order valence-electron chi connectivity index (χ2n) is 4.27. The number of hydrogen-bond donors (Lipinski definition) is 0. The Morgan fingerprint density at radius 2 is 1.94 bits per heavy atom. The lowest BCUT2D eigenvalue weighted by Crippen LogP contribution is -2.12. The van der Waals surface area contributed by atoms with Crippen LogP contribution in [0.1, 0.15) is 19.8 Å². The summed E-state index contributed by atoms with van der Waals surface area (Å²) in [5.74, 6) is -1.29. The largest absolute Gasteiger partial charge is 0.224 e. The second kappa shape index (κ2) is 6.48. The molecule has 1 aromatic carbocycles. The number of rotatable bonds is 6. The summed E-state index contributed by atoms with van der Waals surface area (Å²) in [5, 5.41) is 0. The third kappa shape index (κ3) is 4.21. The molecule has 1 unspecified atom stereocenters. The third-order valence-corrected chi connectivity index (χ3v) is 4.68. The van der Waals surface area contributed by atoms with Gasteiger partial charge in [-0.1, -0.05) is 6.92 Å². The molecule has 0 aromatic heterocycles. The van der Waals surface area contributed by atoms with Crippen LogP contribution in [0, 0.1) is 17.6 Å². The van der Waals surface area contributed by atoms with Gasteiger partial charge in [-0.25, -0.2) is 17.2 Å². The van der Waals surface area contributed by atoms with E-state index in [2.05, 4.69) is 0 Å². The molecule has 0 spiro atoms.